The van der Waals surface area contributed by atoms with E-state index in [2.05, 4.69) is 0 Å². The van der Waals surface area contributed by atoms with Gasteiger partial charge in [-0.3, -0.25) is 9.59 Å². The maximum Gasteiger partial charge on any atom is 0.310 e. The second-order valence-corrected chi connectivity index (χ2v) is 5.10. The van der Waals surface area contributed by atoms with Crippen LogP contribution in [0.4, 0.5) is 0 Å². The quantitative estimate of drug-likeness (QED) is 0.779. The normalized spacial score (nSPS) is 18.1. The maximum absolute atomic E-state index is 11.7. The molecule has 0 saturated heterocycles. The van der Waals surface area contributed by atoms with Crippen LogP contribution in [0, 0.1) is 0 Å². The first-order valence-electron chi connectivity index (χ1n) is 7.23. The zero-order chi connectivity index (χ0) is 15.2. The van der Waals surface area contributed by atoms with Crippen molar-refractivity contribution in [1.82, 2.24) is 0 Å². The molecule has 1 aliphatic rings. The highest BCUT2D eigenvalue weighted by Gasteiger charge is 2.26. The van der Waals surface area contributed by atoms with E-state index >= 15 is 0 Å². The van der Waals surface area contributed by atoms with Crippen molar-refractivity contribution in [3.05, 3.63) is 41.7 Å². The number of hydrogen-bond acceptors (Lipinski definition) is 4. The van der Waals surface area contributed by atoms with Crippen LogP contribution < -0.4 is 4.74 Å². The van der Waals surface area contributed by atoms with E-state index in [0.29, 0.717) is 25.0 Å². The van der Waals surface area contributed by atoms with Gasteiger partial charge in [-0.15, -0.1) is 0 Å². The molecule has 0 aromatic heterocycles. The number of esters is 1. The van der Waals surface area contributed by atoms with Gasteiger partial charge in [-0.1, -0.05) is 19.1 Å². The topological polar surface area (TPSA) is 52.6 Å². The zero-order valence-corrected chi connectivity index (χ0v) is 12.4. The molecule has 0 saturated carbocycles. The molecule has 4 nitrogen and oxygen atoms in total. The molecule has 0 amide bonds. The van der Waals surface area contributed by atoms with Crippen LogP contribution in [0.15, 0.2) is 36.1 Å². The van der Waals surface area contributed by atoms with Crippen LogP contribution in [0.5, 0.6) is 5.75 Å². The highest BCUT2D eigenvalue weighted by molar-refractivity contribution is 5.91. The first-order valence-corrected chi connectivity index (χ1v) is 7.23. The molecule has 0 heterocycles. The van der Waals surface area contributed by atoms with E-state index in [1.165, 1.54) is 6.08 Å². The minimum atomic E-state index is -0.281. The van der Waals surface area contributed by atoms with Gasteiger partial charge in [-0.05, 0) is 30.5 Å². The Bertz CT molecular complexity index is 542. The minimum Gasteiger partial charge on any atom is -0.497 e. The Morgan fingerprint density at radius 3 is 2.62 bits per heavy atom. The summed E-state index contributed by atoms with van der Waals surface area (Å²) in [6, 6.07) is 7.63. The predicted octanol–water partition coefficient (Wildman–Crippen LogP) is 3.37. The molecule has 2 rings (SSSR count). The van der Waals surface area contributed by atoms with Gasteiger partial charge >= 0.3 is 5.97 Å². The Kier molecular flexibility index (Phi) is 5.14. The van der Waals surface area contributed by atoms with Crippen molar-refractivity contribution >= 4 is 11.8 Å². The number of carbonyl (C=O) groups excluding carboxylic acids is 2. The Labute approximate surface area is 124 Å². The first-order chi connectivity index (χ1) is 10.1. The van der Waals surface area contributed by atoms with Gasteiger partial charge in [0.05, 0.1) is 7.11 Å². The monoisotopic (exact) mass is 288 g/mol. The summed E-state index contributed by atoms with van der Waals surface area (Å²) in [5.41, 5.74) is 1.03. The second-order valence-electron chi connectivity index (χ2n) is 5.10. The van der Waals surface area contributed by atoms with Gasteiger partial charge in [-0.2, -0.15) is 0 Å². The molecule has 1 unspecified atom stereocenters. The average Bonchev–Trinajstić information content (AvgIpc) is 2.48. The van der Waals surface area contributed by atoms with Crippen LogP contribution >= 0.6 is 0 Å². The molecule has 4 heteroatoms. The molecule has 21 heavy (non-hydrogen) atoms. The summed E-state index contributed by atoms with van der Waals surface area (Å²) < 4.78 is 10.5. The number of hydrogen-bond donors (Lipinski definition) is 0. The van der Waals surface area contributed by atoms with Crippen molar-refractivity contribution in [1.29, 1.82) is 0 Å². The van der Waals surface area contributed by atoms with Crippen molar-refractivity contribution in [2.24, 2.45) is 0 Å². The fourth-order valence-electron chi connectivity index (χ4n) is 2.41. The van der Waals surface area contributed by atoms with Crippen LogP contribution in [-0.4, -0.2) is 18.9 Å². The number of carbonyl (C=O) groups is 2. The molecule has 0 aliphatic heterocycles. The molecule has 0 N–H and O–H groups in total. The summed E-state index contributed by atoms with van der Waals surface area (Å²) in [6.45, 7) is 1.92. The standard InChI is InChI=1S/C17H20O4/c1-3-4-17(19)21-16-11-13(18)7-10-15(16)12-5-8-14(20-2)9-6-12/h5-6,8-9,11,15H,3-4,7,10H2,1-2H3. The van der Waals surface area contributed by atoms with Crippen molar-refractivity contribution in [3.63, 3.8) is 0 Å². The lowest BCUT2D eigenvalue weighted by molar-refractivity contribution is -0.140. The first kappa shape index (κ1) is 15.3. The van der Waals surface area contributed by atoms with Crippen LogP contribution in [0.25, 0.3) is 0 Å². The van der Waals surface area contributed by atoms with Gasteiger partial charge < -0.3 is 9.47 Å². The van der Waals surface area contributed by atoms with E-state index in [1.807, 2.05) is 31.2 Å². The summed E-state index contributed by atoms with van der Waals surface area (Å²) in [5.74, 6) is 0.930. The molecule has 0 fully saturated rings. The second kappa shape index (κ2) is 7.07. The average molecular weight is 288 g/mol. The number of ketones is 1. The molecule has 1 aromatic rings. The van der Waals surface area contributed by atoms with E-state index in [4.69, 9.17) is 9.47 Å². The predicted molar refractivity (Wildman–Crippen MR) is 79.1 cm³/mol. The third-order valence-electron chi connectivity index (χ3n) is 3.53. The number of ether oxygens (including phenoxy) is 2. The van der Waals surface area contributed by atoms with Gasteiger partial charge in [0.25, 0.3) is 0 Å². The Morgan fingerprint density at radius 1 is 1.29 bits per heavy atom. The van der Waals surface area contributed by atoms with Crippen LogP contribution in [0.3, 0.4) is 0 Å². The fraction of sp³-hybridized carbons (Fsp3) is 0.412. The van der Waals surface area contributed by atoms with E-state index < -0.39 is 0 Å². The smallest absolute Gasteiger partial charge is 0.310 e. The van der Waals surface area contributed by atoms with Crippen LogP contribution in [0.2, 0.25) is 0 Å². The highest BCUT2D eigenvalue weighted by Crippen LogP contribution is 2.34. The molecular formula is C17H20O4. The van der Waals surface area contributed by atoms with Gasteiger partial charge in [0.2, 0.25) is 0 Å². The lowest BCUT2D eigenvalue weighted by atomic mass is 9.87. The zero-order valence-electron chi connectivity index (χ0n) is 12.4. The van der Waals surface area contributed by atoms with E-state index in [-0.39, 0.29) is 17.7 Å². The van der Waals surface area contributed by atoms with E-state index in [9.17, 15) is 9.59 Å². The molecule has 1 atom stereocenters. The van der Waals surface area contributed by atoms with Gasteiger partial charge in [0.1, 0.15) is 11.5 Å². The summed E-state index contributed by atoms with van der Waals surface area (Å²) in [5, 5.41) is 0. The number of rotatable bonds is 5. The fourth-order valence-corrected chi connectivity index (χ4v) is 2.41. The molecule has 112 valence electrons. The third kappa shape index (κ3) is 3.94. The molecule has 0 bridgehead atoms. The lowest BCUT2D eigenvalue weighted by Gasteiger charge is -2.23. The van der Waals surface area contributed by atoms with Gasteiger partial charge in [-0.25, -0.2) is 0 Å². The Balaban J connectivity index is 2.20. The Hall–Kier alpha value is -2.10. The summed E-state index contributed by atoms with van der Waals surface area (Å²) in [6.07, 6.45) is 3.70. The van der Waals surface area contributed by atoms with Crippen molar-refractivity contribution < 1.29 is 19.1 Å². The molecule has 1 aromatic carbocycles. The summed E-state index contributed by atoms with van der Waals surface area (Å²) in [7, 11) is 1.62. The minimum absolute atomic E-state index is 0.0130. The van der Waals surface area contributed by atoms with Crippen molar-refractivity contribution in [2.45, 2.75) is 38.5 Å². The highest BCUT2D eigenvalue weighted by atomic mass is 16.5. The lowest BCUT2D eigenvalue weighted by Crippen LogP contribution is -2.17. The largest absolute Gasteiger partial charge is 0.497 e. The number of methoxy groups -OCH3 is 1. The van der Waals surface area contributed by atoms with Crippen LogP contribution in [0.1, 0.15) is 44.1 Å². The van der Waals surface area contributed by atoms with Crippen LogP contribution in [-0.2, 0) is 14.3 Å². The number of allylic oxidation sites excluding steroid dienone is 2. The maximum atomic E-state index is 11.7. The summed E-state index contributed by atoms with van der Waals surface area (Å²) >= 11 is 0. The molecule has 0 radical (unpaired) electrons. The van der Waals surface area contributed by atoms with Gasteiger partial charge in [0, 0.05) is 24.8 Å². The van der Waals surface area contributed by atoms with E-state index in [0.717, 1.165) is 17.7 Å². The van der Waals surface area contributed by atoms with Crippen molar-refractivity contribution in [2.75, 3.05) is 7.11 Å². The van der Waals surface area contributed by atoms with Crippen molar-refractivity contribution in [3.8, 4) is 5.75 Å². The molecule has 0 spiro atoms. The number of benzene rings is 1. The molecular weight excluding hydrogens is 268 g/mol. The van der Waals surface area contributed by atoms with E-state index in [1.54, 1.807) is 7.11 Å². The summed E-state index contributed by atoms with van der Waals surface area (Å²) in [4.78, 5) is 23.3. The Morgan fingerprint density at radius 2 is 2.00 bits per heavy atom. The SMILES string of the molecule is CCCC(=O)OC1=CC(=O)CCC1c1ccc(OC)cc1. The van der Waals surface area contributed by atoms with Gasteiger partial charge in [0.15, 0.2) is 5.78 Å². The molecule has 1 aliphatic carbocycles. The third-order valence-corrected chi connectivity index (χ3v) is 3.53.